The molecule has 0 aliphatic carbocycles. The zero-order chi connectivity index (χ0) is 10.9. The minimum absolute atomic E-state index is 0.220. The van der Waals surface area contributed by atoms with Crippen LogP contribution in [0.4, 0.5) is 0 Å². The second-order valence-electron chi connectivity index (χ2n) is 5.26. The van der Waals surface area contributed by atoms with E-state index in [1.165, 1.54) is 12.8 Å². The van der Waals surface area contributed by atoms with E-state index in [4.69, 9.17) is 15.2 Å². The van der Waals surface area contributed by atoms with Gasteiger partial charge in [0.15, 0.2) is 0 Å². The summed E-state index contributed by atoms with van der Waals surface area (Å²) in [5.41, 5.74) is 6.16. The molecule has 2 bridgehead atoms. The van der Waals surface area contributed by atoms with Crippen molar-refractivity contribution >= 4 is 0 Å². The molecule has 0 aromatic rings. The summed E-state index contributed by atoms with van der Waals surface area (Å²) in [6.45, 7) is 5.72. The fourth-order valence-electron chi connectivity index (χ4n) is 2.97. The maximum atomic E-state index is 5.94. The van der Waals surface area contributed by atoms with Crippen LogP contribution in [-0.2, 0) is 9.47 Å². The third-order valence-electron chi connectivity index (χ3n) is 3.88. The summed E-state index contributed by atoms with van der Waals surface area (Å²) in [6.07, 6.45) is 5.85. The molecule has 3 nitrogen and oxygen atoms in total. The molecule has 0 spiro atoms. The van der Waals surface area contributed by atoms with Crippen molar-refractivity contribution < 1.29 is 9.47 Å². The third-order valence-corrected chi connectivity index (χ3v) is 3.88. The van der Waals surface area contributed by atoms with Crippen LogP contribution >= 0.6 is 0 Å². The molecule has 2 N–H and O–H groups in total. The molecule has 2 heterocycles. The van der Waals surface area contributed by atoms with E-state index in [0.29, 0.717) is 18.3 Å². The Kier molecular flexibility index (Phi) is 3.33. The average molecular weight is 213 g/mol. The highest BCUT2D eigenvalue weighted by Gasteiger charge is 2.50. The summed E-state index contributed by atoms with van der Waals surface area (Å²) < 4.78 is 11.5. The molecular formula is C12H23NO2. The lowest BCUT2D eigenvalue weighted by Crippen LogP contribution is -2.40. The summed E-state index contributed by atoms with van der Waals surface area (Å²) in [5.74, 6) is 0. The lowest BCUT2D eigenvalue weighted by Gasteiger charge is -2.34. The van der Waals surface area contributed by atoms with Gasteiger partial charge in [0, 0.05) is 18.6 Å². The van der Waals surface area contributed by atoms with Gasteiger partial charge in [0.05, 0.1) is 18.3 Å². The van der Waals surface area contributed by atoms with Gasteiger partial charge in [-0.2, -0.15) is 0 Å². The number of hydrogen-bond donors (Lipinski definition) is 1. The van der Waals surface area contributed by atoms with Gasteiger partial charge in [-0.05, 0) is 39.5 Å². The van der Waals surface area contributed by atoms with Crippen LogP contribution in [0.1, 0.15) is 39.5 Å². The predicted octanol–water partition coefficient (Wildman–Crippen LogP) is 1.70. The topological polar surface area (TPSA) is 44.5 Å². The summed E-state index contributed by atoms with van der Waals surface area (Å²) in [5, 5.41) is 0. The Hall–Kier alpha value is -0.120. The van der Waals surface area contributed by atoms with Crippen LogP contribution in [-0.4, -0.2) is 31.5 Å². The predicted molar refractivity (Wildman–Crippen MR) is 59.7 cm³/mol. The van der Waals surface area contributed by atoms with Crippen molar-refractivity contribution in [1.82, 2.24) is 0 Å². The number of hydrogen-bond acceptors (Lipinski definition) is 3. The molecule has 0 aromatic heterocycles. The zero-order valence-electron chi connectivity index (χ0n) is 9.87. The van der Waals surface area contributed by atoms with Gasteiger partial charge >= 0.3 is 0 Å². The quantitative estimate of drug-likeness (QED) is 0.756. The maximum absolute atomic E-state index is 5.94. The molecule has 2 saturated heterocycles. The van der Waals surface area contributed by atoms with E-state index in [2.05, 4.69) is 13.8 Å². The van der Waals surface area contributed by atoms with Gasteiger partial charge in [-0.15, -0.1) is 0 Å². The first kappa shape index (κ1) is 11.4. The molecule has 2 fully saturated rings. The summed E-state index contributed by atoms with van der Waals surface area (Å²) in [7, 11) is 0. The van der Waals surface area contributed by atoms with Crippen LogP contribution in [0.15, 0.2) is 0 Å². The number of fused-ring (bicyclic) bond motifs is 2. The van der Waals surface area contributed by atoms with Crippen molar-refractivity contribution in [2.24, 2.45) is 11.1 Å². The zero-order valence-corrected chi connectivity index (χ0v) is 9.87. The number of nitrogens with two attached hydrogens (primary N) is 1. The fourth-order valence-corrected chi connectivity index (χ4v) is 2.97. The van der Waals surface area contributed by atoms with Gasteiger partial charge in [-0.3, -0.25) is 0 Å². The summed E-state index contributed by atoms with van der Waals surface area (Å²) >= 11 is 0. The van der Waals surface area contributed by atoms with Crippen LogP contribution in [0.5, 0.6) is 0 Å². The van der Waals surface area contributed by atoms with Crippen molar-refractivity contribution in [2.75, 3.05) is 13.2 Å². The van der Waals surface area contributed by atoms with E-state index < -0.39 is 0 Å². The van der Waals surface area contributed by atoms with Crippen LogP contribution < -0.4 is 5.73 Å². The Bertz CT molecular complexity index is 220. The molecule has 3 atom stereocenters. The lowest BCUT2D eigenvalue weighted by molar-refractivity contribution is 0.0199. The number of ether oxygens (including phenoxy) is 2. The Labute approximate surface area is 92.3 Å². The van der Waals surface area contributed by atoms with Crippen LogP contribution in [0.25, 0.3) is 0 Å². The lowest BCUT2D eigenvalue weighted by atomic mass is 9.72. The van der Waals surface area contributed by atoms with E-state index in [1.807, 2.05) is 0 Å². The number of rotatable bonds is 5. The highest BCUT2D eigenvalue weighted by Crippen LogP contribution is 2.49. The van der Waals surface area contributed by atoms with E-state index >= 15 is 0 Å². The van der Waals surface area contributed by atoms with Gasteiger partial charge in [0.25, 0.3) is 0 Å². The van der Waals surface area contributed by atoms with E-state index in [9.17, 15) is 0 Å². The average Bonchev–Trinajstić information content (AvgIpc) is 2.77. The Balaban J connectivity index is 1.86. The van der Waals surface area contributed by atoms with Crippen molar-refractivity contribution in [3.63, 3.8) is 0 Å². The minimum Gasteiger partial charge on any atom is -0.379 e. The Morgan fingerprint density at radius 2 is 2.27 bits per heavy atom. The van der Waals surface area contributed by atoms with Gasteiger partial charge in [0.1, 0.15) is 0 Å². The first-order chi connectivity index (χ1) is 7.16. The SMILES string of the molecule is CC(C)OCCC1(CN)CC2CCC1O2. The molecule has 2 aliphatic heterocycles. The van der Waals surface area contributed by atoms with Crippen LogP contribution in [0, 0.1) is 5.41 Å². The molecular weight excluding hydrogens is 190 g/mol. The van der Waals surface area contributed by atoms with Crippen molar-refractivity contribution in [2.45, 2.75) is 57.8 Å². The van der Waals surface area contributed by atoms with Gasteiger partial charge in [-0.1, -0.05) is 0 Å². The standard InChI is InChI=1S/C12H23NO2/c1-9(2)14-6-5-12(8-13)7-10-3-4-11(12)15-10/h9-11H,3-8,13H2,1-2H3. The fraction of sp³-hybridized carbons (Fsp3) is 1.00. The van der Waals surface area contributed by atoms with Crippen molar-refractivity contribution in [1.29, 1.82) is 0 Å². The highest BCUT2D eigenvalue weighted by atomic mass is 16.5. The molecule has 0 aromatic carbocycles. The highest BCUT2D eigenvalue weighted by molar-refractivity contribution is 5.01. The molecule has 2 rings (SSSR count). The molecule has 88 valence electrons. The molecule has 0 saturated carbocycles. The summed E-state index contributed by atoms with van der Waals surface area (Å²) in [6, 6.07) is 0. The first-order valence-electron chi connectivity index (χ1n) is 6.13. The van der Waals surface area contributed by atoms with Crippen molar-refractivity contribution in [3.8, 4) is 0 Å². The maximum Gasteiger partial charge on any atom is 0.0649 e. The second-order valence-corrected chi connectivity index (χ2v) is 5.26. The normalized spacial score (nSPS) is 39.2. The van der Waals surface area contributed by atoms with E-state index in [0.717, 1.165) is 26.0 Å². The smallest absolute Gasteiger partial charge is 0.0649 e. The largest absolute Gasteiger partial charge is 0.379 e. The van der Waals surface area contributed by atoms with Gasteiger partial charge < -0.3 is 15.2 Å². The molecule has 3 unspecified atom stereocenters. The van der Waals surface area contributed by atoms with Gasteiger partial charge in [-0.25, -0.2) is 0 Å². The van der Waals surface area contributed by atoms with E-state index in [-0.39, 0.29) is 5.41 Å². The Morgan fingerprint density at radius 3 is 2.73 bits per heavy atom. The summed E-state index contributed by atoms with van der Waals surface area (Å²) in [4.78, 5) is 0. The minimum atomic E-state index is 0.220. The van der Waals surface area contributed by atoms with Crippen molar-refractivity contribution in [3.05, 3.63) is 0 Å². The molecule has 15 heavy (non-hydrogen) atoms. The third kappa shape index (κ3) is 2.19. The second kappa shape index (κ2) is 4.40. The Morgan fingerprint density at radius 1 is 1.47 bits per heavy atom. The first-order valence-corrected chi connectivity index (χ1v) is 6.13. The monoisotopic (exact) mass is 213 g/mol. The molecule has 0 amide bonds. The van der Waals surface area contributed by atoms with Crippen LogP contribution in [0.2, 0.25) is 0 Å². The molecule has 2 aliphatic rings. The molecule has 0 radical (unpaired) electrons. The van der Waals surface area contributed by atoms with Gasteiger partial charge in [0.2, 0.25) is 0 Å². The van der Waals surface area contributed by atoms with Crippen LogP contribution in [0.3, 0.4) is 0 Å². The van der Waals surface area contributed by atoms with E-state index in [1.54, 1.807) is 0 Å². The molecule has 3 heteroatoms.